The average Bonchev–Trinajstić information content (AvgIpc) is 3.38. The van der Waals surface area contributed by atoms with Gasteiger partial charge >= 0.3 is 0 Å². The van der Waals surface area contributed by atoms with Crippen molar-refractivity contribution >= 4 is 9.84 Å². The first-order valence-electron chi connectivity index (χ1n) is 12.0. The Morgan fingerprint density at radius 2 is 1.49 bits per heavy atom. The van der Waals surface area contributed by atoms with E-state index in [4.69, 9.17) is 34.2 Å². The van der Waals surface area contributed by atoms with E-state index in [-0.39, 0.29) is 36.0 Å². The lowest BCUT2D eigenvalue weighted by molar-refractivity contribution is 0.0435. The molecule has 0 radical (unpaired) electrons. The van der Waals surface area contributed by atoms with Crippen molar-refractivity contribution in [1.29, 1.82) is 0 Å². The Bertz CT molecular complexity index is 1220. The first-order chi connectivity index (χ1) is 17.8. The Labute approximate surface area is 219 Å². The highest BCUT2D eigenvalue weighted by atomic mass is 32.2. The van der Waals surface area contributed by atoms with E-state index >= 15 is 0 Å². The minimum absolute atomic E-state index is 0.0475. The van der Waals surface area contributed by atoms with Crippen LogP contribution in [0.5, 0.6) is 28.7 Å². The van der Waals surface area contributed by atoms with Gasteiger partial charge in [-0.1, -0.05) is 18.8 Å². The van der Waals surface area contributed by atoms with E-state index in [2.05, 4.69) is 11.8 Å². The molecule has 2 aromatic carbocycles. The third-order valence-corrected chi connectivity index (χ3v) is 6.97. The molecule has 202 valence electrons. The highest BCUT2D eigenvalue weighted by Gasteiger charge is 2.32. The van der Waals surface area contributed by atoms with Crippen molar-refractivity contribution < 1.29 is 36.8 Å². The summed E-state index contributed by atoms with van der Waals surface area (Å²) in [6.45, 7) is 2.54. The number of methoxy groups -OCH3 is 3. The summed E-state index contributed by atoms with van der Waals surface area (Å²) in [4.78, 5) is 0.0556. The van der Waals surface area contributed by atoms with Crippen molar-refractivity contribution in [2.45, 2.75) is 43.3 Å². The lowest BCUT2D eigenvalue weighted by atomic mass is 10.0. The first-order valence-corrected chi connectivity index (χ1v) is 13.9. The number of hydrogen-bond donors (Lipinski definition) is 1. The Morgan fingerprint density at radius 1 is 0.892 bits per heavy atom. The SMILES string of the molecule is CCCOc1c(OCC#CCN)cc([C@@H]2CC[C@@H](c3cc(OC)c(OC)c(OC)c3)O2)cc1S(C)(=O)=O. The zero-order valence-electron chi connectivity index (χ0n) is 22.0. The van der Waals surface area contributed by atoms with Crippen molar-refractivity contribution in [3.8, 4) is 40.6 Å². The summed E-state index contributed by atoms with van der Waals surface area (Å²) in [6.07, 6.45) is 2.63. The smallest absolute Gasteiger partial charge is 0.203 e. The topological polar surface area (TPSA) is 116 Å². The molecule has 10 heteroatoms. The molecule has 37 heavy (non-hydrogen) atoms. The van der Waals surface area contributed by atoms with Gasteiger partial charge in [-0.15, -0.1) is 0 Å². The van der Waals surface area contributed by atoms with Gasteiger partial charge in [0.1, 0.15) is 11.5 Å². The van der Waals surface area contributed by atoms with Gasteiger partial charge in [0.15, 0.2) is 32.8 Å². The molecular weight excluding hydrogens is 498 g/mol. The second-order valence-corrected chi connectivity index (χ2v) is 10.4. The third-order valence-electron chi connectivity index (χ3n) is 5.87. The molecule has 9 nitrogen and oxygen atoms in total. The lowest BCUT2D eigenvalue weighted by Gasteiger charge is -2.20. The Kier molecular flexibility index (Phi) is 9.92. The van der Waals surface area contributed by atoms with Crippen LogP contribution in [0, 0.1) is 11.8 Å². The van der Waals surface area contributed by atoms with E-state index in [1.165, 1.54) is 0 Å². The maximum atomic E-state index is 12.7. The van der Waals surface area contributed by atoms with Crippen LogP contribution in [-0.2, 0) is 14.6 Å². The van der Waals surface area contributed by atoms with Crippen molar-refractivity contribution in [3.05, 3.63) is 35.4 Å². The van der Waals surface area contributed by atoms with Crippen LogP contribution >= 0.6 is 0 Å². The van der Waals surface area contributed by atoms with Crippen molar-refractivity contribution in [2.24, 2.45) is 5.73 Å². The molecule has 0 spiro atoms. The second kappa shape index (κ2) is 12.9. The van der Waals surface area contributed by atoms with Crippen molar-refractivity contribution in [1.82, 2.24) is 0 Å². The van der Waals surface area contributed by atoms with Crippen molar-refractivity contribution in [2.75, 3.05) is 47.3 Å². The number of ether oxygens (including phenoxy) is 6. The molecule has 0 unspecified atom stereocenters. The molecule has 0 amide bonds. The fourth-order valence-corrected chi connectivity index (χ4v) is 5.01. The van der Waals surface area contributed by atoms with Gasteiger partial charge in [-0.2, -0.15) is 0 Å². The molecule has 2 N–H and O–H groups in total. The molecule has 0 saturated carbocycles. The number of benzene rings is 2. The molecule has 1 aliphatic heterocycles. The van der Waals surface area contributed by atoms with Gasteiger partial charge in [-0.05, 0) is 54.7 Å². The molecule has 0 aromatic heterocycles. The summed E-state index contributed by atoms with van der Waals surface area (Å²) in [7, 11) is 1.05. The molecule has 2 aromatic rings. The van der Waals surface area contributed by atoms with E-state index in [9.17, 15) is 8.42 Å². The molecule has 0 aliphatic carbocycles. The lowest BCUT2D eigenvalue weighted by Crippen LogP contribution is -2.10. The van der Waals surface area contributed by atoms with Gasteiger partial charge < -0.3 is 34.2 Å². The summed E-state index contributed by atoms with van der Waals surface area (Å²) >= 11 is 0. The highest BCUT2D eigenvalue weighted by Crippen LogP contribution is 2.47. The minimum atomic E-state index is -3.63. The van der Waals surface area contributed by atoms with Crippen molar-refractivity contribution in [3.63, 3.8) is 0 Å². The maximum absolute atomic E-state index is 12.7. The van der Waals surface area contributed by atoms with E-state index < -0.39 is 9.84 Å². The quantitative estimate of drug-likeness (QED) is 0.430. The Balaban J connectivity index is 1.98. The van der Waals surface area contributed by atoms with Gasteiger partial charge in [-0.25, -0.2) is 8.42 Å². The van der Waals surface area contributed by atoms with Crippen LogP contribution < -0.4 is 29.4 Å². The highest BCUT2D eigenvalue weighted by molar-refractivity contribution is 7.90. The fourth-order valence-electron chi connectivity index (χ4n) is 4.16. The first kappa shape index (κ1) is 28.4. The van der Waals surface area contributed by atoms with Gasteiger partial charge in [0.05, 0.1) is 46.7 Å². The van der Waals surface area contributed by atoms with Gasteiger partial charge in [-0.3, -0.25) is 0 Å². The van der Waals surface area contributed by atoms with Crippen LogP contribution in [-0.4, -0.2) is 55.8 Å². The molecule has 2 atom stereocenters. The number of hydrogen-bond acceptors (Lipinski definition) is 9. The summed E-state index contributed by atoms with van der Waals surface area (Å²) in [6, 6.07) is 7.11. The van der Waals surface area contributed by atoms with Crippen LogP contribution in [0.1, 0.15) is 49.5 Å². The number of sulfone groups is 1. The van der Waals surface area contributed by atoms with Crippen LogP contribution in [0.25, 0.3) is 0 Å². The van der Waals surface area contributed by atoms with Crippen LogP contribution in [0.2, 0.25) is 0 Å². The normalized spacial score (nSPS) is 17.0. The predicted octanol–water partition coefficient (Wildman–Crippen LogP) is 3.84. The molecule has 3 rings (SSSR count). The predicted molar refractivity (Wildman–Crippen MR) is 140 cm³/mol. The third kappa shape index (κ3) is 6.80. The summed E-state index contributed by atoms with van der Waals surface area (Å²) in [5.41, 5.74) is 6.99. The monoisotopic (exact) mass is 533 g/mol. The van der Waals surface area contributed by atoms with Gasteiger partial charge in [0.25, 0.3) is 0 Å². The summed E-state index contributed by atoms with van der Waals surface area (Å²) in [5, 5.41) is 0. The van der Waals surface area contributed by atoms with E-state index in [1.54, 1.807) is 33.5 Å². The van der Waals surface area contributed by atoms with E-state index in [1.807, 2.05) is 19.1 Å². The van der Waals surface area contributed by atoms with E-state index in [0.29, 0.717) is 54.4 Å². The summed E-state index contributed by atoms with van der Waals surface area (Å²) < 4.78 is 59.9. The van der Waals surface area contributed by atoms with Gasteiger partial charge in [0.2, 0.25) is 5.75 Å². The zero-order valence-corrected chi connectivity index (χ0v) is 22.8. The van der Waals surface area contributed by atoms with Crippen LogP contribution in [0.3, 0.4) is 0 Å². The number of rotatable bonds is 11. The fraction of sp³-hybridized carbons (Fsp3) is 0.481. The minimum Gasteiger partial charge on any atom is -0.493 e. The van der Waals surface area contributed by atoms with Crippen LogP contribution in [0.15, 0.2) is 29.2 Å². The molecule has 1 fully saturated rings. The molecule has 1 saturated heterocycles. The molecule has 1 aliphatic rings. The average molecular weight is 534 g/mol. The largest absolute Gasteiger partial charge is 0.493 e. The van der Waals surface area contributed by atoms with E-state index in [0.717, 1.165) is 11.8 Å². The standard InChI is InChI=1S/C27H35NO8S/c1-6-12-35-27-24(34-13-8-7-11-28)16-19(17-25(27)37(5,29)30)21-10-9-20(36-21)18-14-22(31-2)26(33-4)23(15-18)32-3/h14-17,20-21H,6,9-13,28H2,1-5H3/t20-,21-/m0/s1. The Hall–Kier alpha value is -3.13. The summed E-state index contributed by atoms with van der Waals surface area (Å²) in [5.74, 6) is 7.60. The molecule has 0 bridgehead atoms. The van der Waals surface area contributed by atoms with Crippen LogP contribution in [0.4, 0.5) is 0 Å². The maximum Gasteiger partial charge on any atom is 0.203 e. The Morgan fingerprint density at radius 3 is 2.00 bits per heavy atom. The molecule has 1 heterocycles. The second-order valence-electron chi connectivity index (χ2n) is 8.46. The van der Waals surface area contributed by atoms with Gasteiger partial charge in [0, 0.05) is 6.26 Å². The molecular formula is C27H35NO8S. The number of nitrogens with two attached hydrogens (primary N) is 1. The zero-order chi connectivity index (χ0) is 27.0.